The maximum atomic E-state index is 11.3. The largest absolute Gasteiger partial charge is 0.381 e. The first-order valence-corrected chi connectivity index (χ1v) is 10.6. The molecule has 0 spiro atoms. The van der Waals surface area contributed by atoms with Crippen molar-refractivity contribution in [2.45, 2.75) is 58.6 Å². The normalized spacial score (nSPS) is 16.7. The van der Waals surface area contributed by atoms with Crippen LogP contribution >= 0.6 is 0 Å². The number of hydrogen-bond acceptors (Lipinski definition) is 3. The van der Waals surface area contributed by atoms with Crippen molar-refractivity contribution in [2.75, 3.05) is 0 Å². The number of allylic oxidation sites excluding steroid dienone is 1. The number of fused-ring (bicyclic) bond motifs is 4. The van der Waals surface area contributed by atoms with E-state index < -0.39 is 5.60 Å². The van der Waals surface area contributed by atoms with Gasteiger partial charge < -0.3 is 17.4 Å². The second-order valence-corrected chi connectivity index (χ2v) is 7.90. The van der Waals surface area contributed by atoms with Crippen LogP contribution in [-0.4, -0.2) is 20.6 Å². The Hall–Kier alpha value is -1.55. The second kappa shape index (κ2) is 9.94. The number of pyridine rings is 1. The smallest absolute Gasteiger partial charge is 0.108 e. The number of hydrogen-bond donors (Lipinski definition) is 1. The molecule has 0 aliphatic carbocycles. The van der Waals surface area contributed by atoms with Crippen LogP contribution in [0, 0.1) is 13.5 Å². The van der Waals surface area contributed by atoms with Crippen LogP contribution in [-0.2, 0) is 45.7 Å². The van der Waals surface area contributed by atoms with Gasteiger partial charge in [0.25, 0.3) is 0 Å². The Labute approximate surface area is 212 Å². The summed E-state index contributed by atoms with van der Waals surface area (Å²) < 4.78 is 0. The van der Waals surface area contributed by atoms with Crippen molar-refractivity contribution in [3.8, 4) is 0 Å². The molecule has 31 heavy (non-hydrogen) atoms. The van der Waals surface area contributed by atoms with E-state index in [-0.39, 0.29) is 40.1 Å². The van der Waals surface area contributed by atoms with Gasteiger partial charge in [-0.1, -0.05) is 52.0 Å². The molecule has 4 rings (SSSR count). The van der Waals surface area contributed by atoms with E-state index in [0.29, 0.717) is 6.42 Å². The Morgan fingerprint density at radius 3 is 2.68 bits per heavy atom. The van der Waals surface area contributed by atoms with Crippen LogP contribution in [0.25, 0.3) is 16.6 Å². The fraction of sp³-hybridized carbons (Fsp3) is 0.333. The first-order valence-electron chi connectivity index (χ1n) is 10.6. The van der Waals surface area contributed by atoms with Crippen LogP contribution in [0.4, 0.5) is 0 Å². The first-order chi connectivity index (χ1) is 14.0. The van der Waals surface area contributed by atoms with Gasteiger partial charge >= 0.3 is 0 Å². The van der Waals surface area contributed by atoms with Crippen LogP contribution in [0.3, 0.4) is 0 Å². The molecule has 1 radical (unpaired) electrons. The number of nitrogens with zero attached hydrogens (tertiary/aromatic N) is 2. The van der Waals surface area contributed by atoms with Gasteiger partial charge in [0.1, 0.15) is 5.60 Å². The third-order valence-electron chi connectivity index (χ3n) is 6.38. The summed E-state index contributed by atoms with van der Waals surface area (Å²) in [6.45, 7) is 15.5. The maximum absolute atomic E-state index is 11.3. The topological polar surface area (TPSA) is 36.4 Å². The van der Waals surface area contributed by atoms with Crippen LogP contribution in [0.15, 0.2) is 60.4 Å². The van der Waals surface area contributed by atoms with Gasteiger partial charge in [-0.2, -0.15) is 18.2 Å². The average molecular weight is 489 g/mol. The molecule has 0 saturated heterocycles. The molecule has 0 bridgehead atoms. The summed E-state index contributed by atoms with van der Waals surface area (Å²) in [7, 11) is 0. The molecule has 1 atom stereocenters. The van der Waals surface area contributed by atoms with Gasteiger partial charge in [0.2, 0.25) is 0 Å². The van der Waals surface area contributed by atoms with Crippen LogP contribution < -0.4 is 0 Å². The molecule has 1 aromatic heterocycles. The number of benzene rings is 1. The predicted octanol–water partition coefficient (Wildman–Crippen LogP) is 6.15. The van der Waals surface area contributed by atoms with Crippen molar-refractivity contribution in [3.05, 3.63) is 90.7 Å². The van der Waals surface area contributed by atoms with Crippen molar-refractivity contribution in [1.82, 2.24) is 9.88 Å². The van der Waals surface area contributed by atoms with Crippen molar-refractivity contribution in [3.63, 3.8) is 0 Å². The number of aryl methyl sites for hydroxylation is 1. The van der Waals surface area contributed by atoms with Crippen molar-refractivity contribution >= 4 is 16.6 Å². The minimum Gasteiger partial charge on any atom is -0.381 e. The van der Waals surface area contributed by atoms with Crippen molar-refractivity contribution in [1.29, 1.82) is 0 Å². The van der Waals surface area contributed by atoms with E-state index in [2.05, 4.69) is 44.0 Å². The number of aromatic nitrogens is 1. The summed E-state index contributed by atoms with van der Waals surface area (Å²) in [4.78, 5) is 7.29. The quantitative estimate of drug-likeness (QED) is 0.391. The SMILES string of the molecule is C=CC(O)(CC)C1=C(CCC)C(=C)N2Cc3c(nc4cc[c-]cc4c3CC)C2=C1.[CH3-].[Y]. The molecule has 2 aliphatic heterocycles. The molecule has 2 aliphatic rings. The zero-order valence-electron chi connectivity index (χ0n) is 19.3. The van der Waals surface area contributed by atoms with Gasteiger partial charge in [-0.25, -0.2) is 0 Å². The van der Waals surface area contributed by atoms with E-state index in [4.69, 9.17) is 4.98 Å². The molecule has 0 fully saturated rings. The zero-order chi connectivity index (χ0) is 20.8. The summed E-state index contributed by atoms with van der Waals surface area (Å²) >= 11 is 0. The fourth-order valence-corrected chi connectivity index (χ4v) is 4.70. The van der Waals surface area contributed by atoms with Crippen LogP contribution in [0.5, 0.6) is 0 Å². The van der Waals surface area contributed by atoms with E-state index >= 15 is 0 Å². The molecular formula is C27H32N2OY-2. The molecular weight excluding hydrogens is 457 g/mol. The molecule has 4 heteroatoms. The van der Waals surface area contributed by atoms with Gasteiger partial charge in [0.05, 0.1) is 11.4 Å². The van der Waals surface area contributed by atoms with Gasteiger partial charge in [0, 0.05) is 45.0 Å². The van der Waals surface area contributed by atoms with Gasteiger partial charge in [0.15, 0.2) is 0 Å². The summed E-state index contributed by atoms with van der Waals surface area (Å²) in [5, 5.41) is 12.5. The third-order valence-corrected chi connectivity index (χ3v) is 6.38. The number of aliphatic hydroxyl groups is 1. The summed E-state index contributed by atoms with van der Waals surface area (Å²) in [6, 6.07) is 9.19. The average Bonchev–Trinajstić information content (AvgIpc) is 3.11. The minimum atomic E-state index is -1.06. The summed E-state index contributed by atoms with van der Waals surface area (Å²) in [6.07, 6.45) is 7.19. The zero-order valence-corrected chi connectivity index (χ0v) is 22.1. The summed E-state index contributed by atoms with van der Waals surface area (Å²) in [5.41, 5.74) is 7.60. The third kappa shape index (κ3) is 4.01. The Morgan fingerprint density at radius 1 is 1.32 bits per heavy atom. The van der Waals surface area contributed by atoms with Crippen LogP contribution in [0.2, 0.25) is 0 Å². The van der Waals surface area contributed by atoms with Crippen LogP contribution in [0.1, 0.15) is 56.9 Å². The molecule has 3 heterocycles. The van der Waals surface area contributed by atoms with Gasteiger partial charge in [-0.3, -0.25) is 4.98 Å². The second-order valence-electron chi connectivity index (χ2n) is 7.90. The van der Waals surface area contributed by atoms with Gasteiger partial charge in [-0.15, -0.1) is 11.5 Å². The summed E-state index contributed by atoms with van der Waals surface area (Å²) in [5.74, 6) is 0. The standard InChI is InChI=1S/C26H29N2O.CH3.Y/c1-6-12-19-17(5)28-16-21-18(7-2)20-13-10-11-14-23(20)27-25(21)24(28)15-22(19)26(29,8-3)9-4;;/h8,11,13-15,29H,3,5-7,9,12,16H2,1-2,4H3;1H3;/q2*-1;. The molecule has 1 unspecified atom stereocenters. The Morgan fingerprint density at radius 2 is 2.06 bits per heavy atom. The Bertz CT molecular complexity index is 1080. The van der Waals surface area contributed by atoms with E-state index in [9.17, 15) is 5.11 Å². The molecule has 1 aromatic carbocycles. The maximum Gasteiger partial charge on any atom is 0.108 e. The Balaban J connectivity index is 0.00000171. The molecule has 2 aromatic rings. The predicted molar refractivity (Wildman–Crippen MR) is 126 cm³/mol. The molecule has 0 amide bonds. The molecule has 0 saturated carbocycles. The molecule has 1 N–H and O–H groups in total. The number of rotatable bonds is 6. The Kier molecular flexibility index (Phi) is 8.24. The molecule has 3 nitrogen and oxygen atoms in total. The first kappa shape index (κ1) is 25.7. The van der Waals surface area contributed by atoms with E-state index in [1.165, 1.54) is 16.5 Å². The van der Waals surface area contributed by atoms with Crippen molar-refractivity contribution in [2.24, 2.45) is 0 Å². The van der Waals surface area contributed by atoms with Crippen molar-refractivity contribution < 1.29 is 37.8 Å². The monoisotopic (exact) mass is 489 g/mol. The fourth-order valence-electron chi connectivity index (χ4n) is 4.70. The van der Waals surface area contributed by atoms with E-state index in [1.807, 2.05) is 25.1 Å². The minimum absolute atomic E-state index is 0. The van der Waals surface area contributed by atoms with Gasteiger partial charge in [-0.05, 0) is 47.6 Å². The van der Waals surface area contributed by atoms with E-state index in [1.54, 1.807) is 6.08 Å². The van der Waals surface area contributed by atoms with E-state index in [0.717, 1.165) is 59.6 Å². The molecule has 161 valence electrons.